The first-order chi connectivity index (χ1) is 11.9. The highest BCUT2D eigenvalue weighted by Gasteiger charge is 2.21. The van der Waals surface area contributed by atoms with Crippen LogP contribution in [0.5, 0.6) is 5.75 Å². The molecule has 25 heavy (non-hydrogen) atoms. The van der Waals surface area contributed by atoms with Crippen molar-refractivity contribution in [2.75, 3.05) is 6.61 Å². The number of halogens is 1. The van der Waals surface area contributed by atoms with E-state index in [0.717, 1.165) is 10.2 Å². The second kappa shape index (κ2) is 8.80. The smallest absolute Gasteiger partial charge is 0.327 e. The molecule has 0 fully saturated rings. The highest BCUT2D eigenvalue weighted by atomic mass is 79.9. The van der Waals surface area contributed by atoms with Crippen LogP contribution in [0.2, 0.25) is 0 Å². The van der Waals surface area contributed by atoms with Gasteiger partial charge in [-0.3, -0.25) is 9.59 Å². The number of nitrogens with zero attached hydrogens (tertiary/aromatic N) is 2. The Balaban J connectivity index is 2.34. The summed E-state index contributed by atoms with van der Waals surface area (Å²) in [6.07, 6.45) is 0. The minimum atomic E-state index is -0.503. The van der Waals surface area contributed by atoms with Crippen molar-refractivity contribution in [3.8, 4) is 5.75 Å². The van der Waals surface area contributed by atoms with E-state index in [1.165, 1.54) is 0 Å². The molecule has 0 N–H and O–H groups in total. The maximum Gasteiger partial charge on any atom is 0.327 e. The highest BCUT2D eigenvalue weighted by molar-refractivity contribution is 9.10. The fourth-order valence-electron chi connectivity index (χ4n) is 2.22. The number of hydrogen-bond donors (Lipinski definition) is 0. The van der Waals surface area contributed by atoms with Crippen LogP contribution in [-0.2, 0) is 22.7 Å². The molecular weight excluding hydrogens is 388 g/mol. The average molecular weight is 409 g/mol. The van der Waals surface area contributed by atoms with Crippen molar-refractivity contribution in [2.45, 2.75) is 39.8 Å². The molecule has 2 aromatic rings. The van der Waals surface area contributed by atoms with E-state index in [4.69, 9.17) is 9.47 Å². The number of carbonyl (C=O) groups excluding carboxylic acids is 1. The van der Waals surface area contributed by atoms with Gasteiger partial charge in [0.1, 0.15) is 23.3 Å². The van der Waals surface area contributed by atoms with E-state index in [1.807, 2.05) is 44.2 Å². The van der Waals surface area contributed by atoms with Gasteiger partial charge >= 0.3 is 5.97 Å². The summed E-state index contributed by atoms with van der Waals surface area (Å²) in [7, 11) is 0. The van der Waals surface area contributed by atoms with Gasteiger partial charge in [0.05, 0.1) is 6.61 Å². The standard InChI is InChI=1S/C18H21BrN2O4/c1-4-24-14(22)10-21-18(23)15(19)17(16(20-21)12(2)3)25-11-13-8-6-5-7-9-13/h5-9,12H,4,10-11H2,1-3H3. The fraction of sp³-hybridized carbons (Fsp3) is 0.389. The molecule has 0 atom stereocenters. The predicted octanol–water partition coefficient (Wildman–Crippen LogP) is 3.27. The molecule has 0 saturated heterocycles. The molecule has 0 aliphatic rings. The van der Waals surface area contributed by atoms with Crippen LogP contribution in [0.3, 0.4) is 0 Å². The Hall–Kier alpha value is -2.15. The molecular formula is C18H21BrN2O4. The van der Waals surface area contributed by atoms with E-state index in [1.54, 1.807) is 6.92 Å². The van der Waals surface area contributed by atoms with E-state index in [0.29, 0.717) is 18.1 Å². The van der Waals surface area contributed by atoms with Gasteiger partial charge in [-0.05, 0) is 28.4 Å². The van der Waals surface area contributed by atoms with E-state index >= 15 is 0 Å². The van der Waals surface area contributed by atoms with Crippen molar-refractivity contribution in [2.24, 2.45) is 0 Å². The number of esters is 1. The molecule has 0 bridgehead atoms. The third-order valence-electron chi connectivity index (χ3n) is 3.44. The van der Waals surface area contributed by atoms with E-state index < -0.39 is 11.5 Å². The molecule has 0 unspecified atom stereocenters. The molecule has 0 saturated carbocycles. The molecule has 1 aromatic heterocycles. The van der Waals surface area contributed by atoms with Crippen LogP contribution in [0.15, 0.2) is 39.6 Å². The zero-order valence-electron chi connectivity index (χ0n) is 14.5. The van der Waals surface area contributed by atoms with Crippen LogP contribution in [0.1, 0.15) is 37.9 Å². The molecule has 0 aliphatic carbocycles. The Labute approximate surface area is 154 Å². The monoisotopic (exact) mass is 408 g/mol. The zero-order valence-corrected chi connectivity index (χ0v) is 16.1. The lowest BCUT2D eigenvalue weighted by Crippen LogP contribution is -2.30. The van der Waals surface area contributed by atoms with Crippen LogP contribution in [0.4, 0.5) is 0 Å². The van der Waals surface area contributed by atoms with Crippen molar-refractivity contribution >= 4 is 21.9 Å². The van der Waals surface area contributed by atoms with Gasteiger partial charge in [0.15, 0.2) is 5.75 Å². The number of rotatable bonds is 7. The summed E-state index contributed by atoms with van der Waals surface area (Å²) in [4.78, 5) is 24.2. The topological polar surface area (TPSA) is 70.4 Å². The minimum absolute atomic E-state index is 0.0103. The number of hydrogen-bond acceptors (Lipinski definition) is 5. The molecule has 134 valence electrons. The van der Waals surface area contributed by atoms with Gasteiger partial charge in [0.2, 0.25) is 0 Å². The number of benzene rings is 1. The number of aromatic nitrogens is 2. The Morgan fingerprint density at radius 2 is 1.96 bits per heavy atom. The second-order valence-corrected chi connectivity index (χ2v) is 6.52. The Morgan fingerprint density at radius 1 is 1.28 bits per heavy atom. The quantitative estimate of drug-likeness (QED) is 0.657. The average Bonchev–Trinajstić information content (AvgIpc) is 2.59. The van der Waals surface area contributed by atoms with E-state index in [2.05, 4.69) is 21.0 Å². The largest absolute Gasteiger partial charge is 0.486 e. The van der Waals surface area contributed by atoms with Crippen LogP contribution < -0.4 is 10.3 Å². The van der Waals surface area contributed by atoms with Crippen LogP contribution in [0, 0.1) is 0 Å². The van der Waals surface area contributed by atoms with Crippen molar-refractivity contribution in [1.82, 2.24) is 9.78 Å². The molecule has 1 aromatic carbocycles. The summed E-state index contributed by atoms with van der Waals surface area (Å²) >= 11 is 3.30. The van der Waals surface area contributed by atoms with Gasteiger partial charge in [0.25, 0.3) is 5.56 Å². The Kier molecular flexibility index (Phi) is 6.75. The SMILES string of the molecule is CCOC(=O)Cn1nc(C(C)C)c(OCc2ccccc2)c(Br)c1=O. The lowest BCUT2D eigenvalue weighted by molar-refractivity contribution is -0.144. The molecule has 0 amide bonds. The zero-order chi connectivity index (χ0) is 18.4. The first-order valence-corrected chi connectivity index (χ1v) is 8.86. The van der Waals surface area contributed by atoms with Gasteiger partial charge < -0.3 is 9.47 Å². The van der Waals surface area contributed by atoms with Gasteiger partial charge in [-0.2, -0.15) is 5.10 Å². The third kappa shape index (κ3) is 4.92. The maximum atomic E-state index is 12.5. The first kappa shape index (κ1) is 19.2. The molecule has 1 heterocycles. The third-order valence-corrected chi connectivity index (χ3v) is 4.14. The summed E-state index contributed by atoms with van der Waals surface area (Å²) < 4.78 is 12.1. The van der Waals surface area contributed by atoms with Crippen LogP contribution >= 0.6 is 15.9 Å². The number of ether oxygens (including phenoxy) is 2. The normalized spacial score (nSPS) is 10.8. The van der Waals surface area contributed by atoms with Gasteiger partial charge in [0, 0.05) is 5.92 Å². The van der Waals surface area contributed by atoms with Crippen molar-refractivity contribution in [3.05, 3.63) is 56.4 Å². The Morgan fingerprint density at radius 3 is 2.56 bits per heavy atom. The predicted molar refractivity (Wildman–Crippen MR) is 97.7 cm³/mol. The fourth-order valence-corrected chi connectivity index (χ4v) is 2.75. The van der Waals surface area contributed by atoms with Crippen molar-refractivity contribution in [1.29, 1.82) is 0 Å². The summed E-state index contributed by atoms with van der Waals surface area (Å²) in [6, 6.07) is 9.66. The summed E-state index contributed by atoms with van der Waals surface area (Å²) in [5.41, 5.74) is 1.16. The number of carbonyl (C=O) groups is 1. The molecule has 0 spiro atoms. The Bertz CT molecular complexity index is 788. The van der Waals surface area contributed by atoms with Crippen LogP contribution in [0.25, 0.3) is 0 Å². The van der Waals surface area contributed by atoms with Crippen molar-refractivity contribution < 1.29 is 14.3 Å². The maximum absolute atomic E-state index is 12.5. The van der Waals surface area contributed by atoms with Gasteiger partial charge in [-0.15, -0.1) is 0 Å². The summed E-state index contributed by atoms with van der Waals surface area (Å²) in [5, 5.41) is 4.32. The molecule has 0 aliphatic heterocycles. The van der Waals surface area contributed by atoms with Crippen LogP contribution in [-0.4, -0.2) is 22.4 Å². The lowest BCUT2D eigenvalue weighted by Gasteiger charge is -2.16. The van der Waals surface area contributed by atoms with Gasteiger partial charge in [-0.1, -0.05) is 44.2 Å². The van der Waals surface area contributed by atoms with E-state index in [9.17, 15) is 9.59 Å². The van der Waals surface area contributed by atoms with E-state index in [-0.39, 0.29) is 23.5 Å². The first-order valence-electron chi connectivity index (χ1n) is 8.06. The molecule has 0 radical (unpaired) electrons. The lowest BCUT2D eigenvalue weighted by atomic mass is 10.1. The molecule has 7 heteroatoms. The minimum Gasteiger partial charge on any atom is -0.486 e. The summed E-state index contributed by atoms with van der Waals surface area (Å²) in [6.45, 7) is 5.95. The van der Waals surface area contributed by atoms with Gasteiger partial charge in [-0.25, -0.2) is 4.68 Å². The highest BCUT2D eigenvalue weighted by Crippen LogP contribution is 2.30. The second-order valence-electron chi connectivity index (χ2n) is 5.73. The summed E-state index contributed by atoms with van der Waals surface area (Å²) in [5.74, 6) is -0.0864. The molecule has 6 nitrogen and oxygen atoms in total. The van der Waals surface area contributed by atoms with Crippen molar-refractivity contribution in [3.63, 3.8) is 0 Å². The molecule has 2 rings (SSSR count).